The van der Waals surface area contributed by atoms with Crippen molar-refractivity contribution < 1.29 is 9.59 Å². The number of benzene rings is 3. The van der Waals surface area contributed by atoms with Crippen molar-refractivity contribution in [1.82, 2.24) is 4.90 Å². The summed E-state index contributed by atoms with van der Waals surface area (Å²) in [6, 6.07) is 26.1. The van der Waals surface area contributed by atoms with Crippen molar-refractivity contribution in [2.75, 3.05) is 29.4 Å². The average Bonchev–Trinajstić information content (AvgIpc) is 2.97. The largest absolute Gasteiger partial charge is 0.305 e. The van der Waals surface area contributed by atoms with Crippen molar-refractivity contribution >= 4 is 23.2 Å². The summed E-state index contributed by atoms with van der Waals surface area (Å²) in [6.07, 6.45) is 3.45. The number of amides is 2. The zero-order valence-corrected chi connectivity index (χ0v) is 22.8. The van der Waals surface area contributed by atoms with Crippen molar-refractivity contribution in [1.29, 1.82) is 0 Å². The molecule has 5 heteroatoms. The number of hydrogen-bond acceptors (Lipinski definition) is 3. The number of carbonyl (C=O) groups is 2. The monoisotopic (exact) mass is 509 g/mol. The normalized spacial score (nSPS) is 20.1. The maximum Gasteiger partial charge on any atom is 0.258 e. The van der Waals surface area contributed by atoms with Gasteiger partial charge in [0.25, 0.3) is 5.91 Å². The van der Waals surface area contributed by atoms with Gasteiger partial charge in [-0.3, -0.25) is 9.59 Å². The maximum absolute atomic E-state index is 13.9. The first-order chi connectivity index (χ1) is 18.5. The molecule has 2 aliphatic heterocycles. The quantitative estimate of drug-likeness (QED) is 0.367. The minimum absolute atomic E-state index is 0.0174. The molecule has 0 radical (unpaired) electrons. The molecule has 3 aromatic rings. The van der Waals surface area contributed by atoms with Gasteiger partial charge in [-0.25, -0.2) is 0 Å². The minimum Gasteiger partial charge on any atom is -0.305 e. The van der Waals surface area contributed by atoms with Crippen LogP contribution in [-0.2, 0) is 4.79 Å². The van der Waals surface area contributed by atoms with Gasteiger partial charge < -0.3 is 14.7 Å². The van der Waals surface area contributed by atoms with E-state index in [-0.39, 0.29) is 23.9 Å². The predicted octanol–water partition coefficient (Wildman–Crippen LogP) is 6.81. The summed E-state index contributed by atoms with van der Waals surface area (Å²) in [5.74, 6) is 0.671. The third-order valence-electron chi connectivity index (χ3n) is 8.36. The van der Waals surface area contributed by atoms with Crippen LogP contribution in [0, 0.1) is 0 Å². The SMILES string of the molecule is CCC(=O)N(c1ccccc1)[C@H]1C[C@@H](C)N(C(=O)c2ccc(C3CCN(CC)CC3)cc2)c2ccccc21. The van der Waals surface area contributed by atoms with Crippen LogP contribution in [0.25, 0.3) is 0 Å². The number of nitrogens with zero attached hydrogens (tertiary/aromatic N) is 3. The first kappa shape index (κ1) is 26.2. The average molecular weight is 510 g/mol. The highest BCUT2D eigenvalue weighted by Crippen LogP contribution is 2.43. The van der Waals surface area contributed by atoms with E-state index in [0.29, 0.717) is 24.3 Å². The van der Waals surface area contributed by atoms with Crippen LogP contribution in [0.1, 0.15) is 79.9 Å². The Morgan fingerprint density at radius 2 is 1.53 bits per heavy atom. The molecular weight excluding hydrogens is 470 g/mol. The van der Waals surface area contributed by atoms with Crippen LogP contribution in [0.5, 0.6) is 0 Å². The number of rotatable bonds is 6. The van der Waals surface area contributed by atoms with Gasteiger partial charge in [0.2, 0.25) is 5.91 Å². The number of carbonyl (C=O) groups excluding carboxylic acids is 2. The van der Waals surface area contributed by atoms with Crippen LogP contribution in [0.3, 0.4) is 0 Å². The van der Waals surface area contributed by atoms with Gasteiger partial charge in [-0.05, 0) is 93.2 Å². The lowest BCUT2D eigenvalue weighted by molar-refractivity contribution is -0.118. The van der Waals surface area contributed by atoms with Gasteiger partial charge >= 0.3 is 0 Å². The molecule has 3 aromatic carbocycles. The molecule has 5 rings (SSSR count). The number of likely N-dealkylation sites (tertiary alicyclic amines) is 1. The molecule has 0 bridgehead atoms. The number of hydrogen-bond donors (Lipinski definition) is 0. The number of para-hydroxylation sites is 2. The molecule has 0 saturated carbocycles. The molecule has 1 fully saturated rings. The third-order valence-corrected chi connectivity index (χ3v) is 8.36. The lowest BCUT2D eigenvalue weighted by atomic mass is 9.88. The minimum atomic E-state index is -0.128. The molecule has 38 heavy (non-hydrogen) atoms. The second-order valence-corrected chi connectivity index (χ2v) is 10.6. The van der Waals surface area contributed by atoms with Crippen LogP contribution in [0.15, 0.2) is 78.9 Å². The Hall–Kier alpha value is -3.44. The molecule has 0 unspecified atom stereocenters. The molecule has 2 amide bonds. The summed E-state index contributed by atoms with van der Waals surface area (Å²) < 4.78 is 0. The number of fused-ring (bicyclic) bond motifs is 1. The molecule has 2 heterocycles. The summed E-state index contributed by atoms with van der Waals surface area (Å²) in [5, 5.41) is 0. The molecule has 0 aliphatic carbocycles. The molecule has 0 N–H and O–H groups in total. The van der Waals surface area contributed by atoms with Crippen LogP contribution < -0.4 is 9.80 Å². The second kappa shape index (κ2) is 11.5. The molecule has 0 aromatic heterocycles. The highest BCUT2D eigenvalue weighted by molar-refractivity contribution is 6.07. The van der Waals surface area contributed by atoms with E-state index in [2.05, 4.69) is 36.9 Å². The Morgan fingerprint density at radius 1 is 0.868 bits per heavy atom. The Bertz CT molecular complexity index is 1250. The first-order valence-electron chi connectivity index (χ1n) is 14.1. The summed E-state index contributed by atoms with van der Waals surface area (Å²) >= 11 is 0. The first-order valence-corrected chi connectivity index (χ1v) is 14.1. The van der Waals surface area contributed by atoms with E-state index >= 15 is 0 Å². The topological polar surface area (TPSA) is 43.9 Å². The summed E-state index contributed by atoms with van der Waals surface area (Å²) in [7, 11) is 0. The van der Waals surface area contributed by atoms with E-state index in [0.717, 1.165) is 36.6 Å². The number of piperidine rings is 1. The van der Waals surface area contributed by atoms with Crippen LogP contribution in [-0.4, -0.2) is 42.4 Å². The van der Waals surface area contributed by atoms with Crippen LogP contribution in [0.2, 0.25) is 0 Å². The summed E-state index contributed by atoms with van der Waals surface area (Å²) in [6.45, 7) is 9.63. The molecule has 2 aliphatic rings. The van der Waals surface area contributed by atoms with Gasteiger partial charge in [0.1, 0.15) is 0 Å². The van der Waals surface area contributed by atoms with Crippen molar-refractivity contribution in [3.8, 4) is 0 Å². The van der Waals surface area contributed by atoms with Crippen molar-refractivity contribution in [2.24, 2.45) is 0 Å². The highest BCUT2D eigenvalue weighted by atomic mass is 16.2. The third kappa shape index (κ3) is 5.12. The van der Waals surface area contributed by atoms with E-state index in [1.165, 1.54) is 18.4 Å². The van der Waals surface area contributed by atoms with Crippen molar-refractivity contribution in [2.45, 2.75) is 64.5 Å². The molecule has 2 atom stereocenters. The second-order valence-electron chi connectivity index (χ2n) is 10.6. The van der Waals surface area contributed by atoms with E-state index in [1.54, 1.807) is 0 Å². The number of anilines is 2. The fraction of sp³-hybridized carbons (Fsp3) is 0.394. The molecule has 1 saturated heterocycles. The Kier molecular flexibility index (Phi) is 7.94. The van der Waals surface area contributed by atoms with Gasteiger partial charge in [0, 0.05) is 29.4 Å². The van der Waals surface area contributed by atoms with Gasteiger partial charge in [-0.15, -0.1) is 0 Å². The Balaban J connectivity index is 1.42. The highest BCUT2D eigenvalue weighted by Gasteiger charge is 2.38. The van der Waals surface area contributed by atoms with E-state index < -0.39 is 0 Å². The van der Waals surface area contributed by atoms with Crippen molar-refractivity contribution in [3.05, 3.63) is 95.6 Å². The maximum atomic E-state index is 13.9. The predicted molar refractivity (Wildman–Crippen MR) is 155 cm³/mol. The molecule has 198 valence electrons. The Morgan fingerprint density at radius 3 is 2.18 bits per heavy atom. The van der Waals surface area contributed by atoms with Crippen LogP contribution in [0.4, 0.5) is 11.4 Å². The Labute approximate surface area is 227 Å². The standard InChI is InChI=1S/C33H39N3O2/c1-4-32(37)36(28-11-7-6-8-12-28)31-23-24(3)35(30-14-10-9-13-29(30)31)33(38)27-17-15-25(16-18-27)26-19-21-34(5-2)22-20-26/h6-18,24,26,31H,4-5,19-23H2,1-3H3/t24-,31+/m1/s1. The zero-order valence-electron chi connectivity index (χ0n) is 22.8. The molecule has 0 spiro atoms. The van der Waals surface area contributed by atoms with E-state index in [4.69, 9.17) is 0 Å². The van der Waals surface area contributed by atoms with E-state index in [9.17, 15) is 9.59 Å². The lowest BCUT2D eigenvalue weighted by Gasteiger charge is -2.43. The fourth-order valence-electron chi connectivity index (χ4n) is 6.21. The van der Waals surface area contributed by atoms with Gasteiger partial charge in [-0.2, -0.15) is 0 Å². The lowest BCUT2D eigenvalue weighted by Crippen LogP contribution is -2.47. The molecular formula is C33H39N3O2. The van der Waals surface area contributed by atoms with E-state index in [1.807, 2.05) is 77.4 Å². The smallest absolute Gasteiger partial charge is 0.258 e. The summed E-state index contributed by atoms with van der Waals surface area (Å²) in [4.78, 5) is 33.5. The zero-order chi connectivity index (χ0) is 26.6. The van der Waals surface area contributed by atoms with Gasteiger partial charge in [0.05, 0.1) is 6.04 Å². The van der Waals surface area contributed by atoms with Crippen molar-refractivity contribution in [3.63, 3.8) is 0 Å². The fourth-order valence-corrected chi connectivity index (χ4v) is 6.21. The van der Waals surface area contributed by atoms with Gasteiger partial charge in [-0.1, -0.05) is 62.4 Å². The molecule has 5 nitrogen and oxygen atoms in total. The van der Waals surface area contributed by atoms with Gasteiger partial charge in [0.15, 0.2) is 0 Å². The summed E-state index contributed by atoms with van der Waals surface area (Å²) in [5.41, 5.74) is 4.85. The van der Waals surface area contributed by atoms with Crippen LogP contribution >= 0.6 is 0 Å².